The van der Waals surface area contributed by atoms with E-state index in [0.717, 1.165) is 6.54 Å². The summed E-state index contributed by atoms with van der Waals surface area (Å²) in [5.74, 6) is 0.413. The predicted molar refractivity (Wildman–Crippen MR) is 76.3 cm³/mol. The molecule has 0 amide bonds. The molecule has 0 N–H and O–H groups in total. The molecule has 0 aliphatic heterocycles. The number of hydrazone groups is 1. The zero-order valence-electron chi connectivity index (χ0n) is 10.6. The Hall–Kier alpha value is -1.83. The largest absolute Gasteiger partial charge is 0.300 e. The van der Waals surface area contributed by atoms with Crippen molar-refractivity contribution in [3.8, 4) is 0 Å². The van der Waals surface area contributed by atoms with Crippen molar-refractivity contribution in [1.29, 1.82) is 0 Å². The third kappa shape index (κ3) is 3.91. The van der Waals surface area contributed by atoms with Crippen molar-refractivity contribution < 1.29 is 0 Å². The molecule has 1 unspecified atom stereocenters. The van der Waals surface area contributed by atoms with E-state index >= 15 is 0 Å². The van der Waals surface area contributed by atoms with Gasteiger partial charge in [-0.15, -0.1) is 0 Å². The molecule has 0 bridgehead atoms. The van der Waals surface area contributed by atoms with Gasteiger partial charge in [0.1, 0.15) is 0 Å². The fourth-order valence-corrected chi connectivity index (χ4v) is 1.85. The molecule has 0 aliphatic carbocycles. The lowest BCUT2D eigenvalue weighted by atomic mass is 9.95. The van der Waals surface area contributed by atoms with Gasteiger partial charge in [-0.3, -0.25) is 5.01 Å². The van der Waals surface area contributed by atoms with Gasteiger partial charge in [-0.05, 0) is 17.2 Å². The van der Waals surface area contributed by atoms with Gasteiger partial charge in [-0.2, -0.15) is 5.10 Å². The summed E-state index contributed by atoms with van der Waals surface area (Å²) in [7, 11) is 1.97. The molecule has 0 radical (unpaired) electrons. The van der Waals surface area contributed by atoms with Crippen LogP contribution < -0.4 is 0 Å². The molecule has 1 aromatic carbocycles. The average molecular weight is 228 g/mol. The van der Waals surface area contributed by atoms with E-state index in [2.05, 4.69) is 43.4 Å². The van der Waals surface area contributed by atoms with Crippen LogP contribution in [0.25, 0.3) is 6.08 Å². The minimum atomic E-state index is 0.413. The van der Waals surface area contributed by atoms with Crippen LogP contribution in [0.4, 0.5) is 0 Å². The van der Waals surface area contributed by atoms with E-state index in [1.165, 1.54) is 11.1 Å². The molecular formula is C15H20N2. The molecule has 0 saturated carbocycles. The number of hydrogen-bond donors (Lipinski definition) is 0. The van der Waals surface area contributed by atoms with Crippen LogP contribution >= 0.6 is 0 Å². The van der Waals surface area contributed by atoms with Gasteiger partial charge in [0.25, 0.3) is 0 Å². The molecule has 2 heteroatoms. The highest BCUT2D eigenvalue weighted by molar-refractivity contribution is 5.69. The summed E-state index contributed by atoms with van der Waals surface area (Å²) < 4.78 is 0. The van der Waals surface area contributed by atoms with Crippen molar-refractivity contribution >= 4 is 12.3 Å². The molecule has 0 saturated heterocycles. The van der Waals surface area contributed by atoms with Crippen molar-refractivity contribution in [3.05, 3.63) is 54.6 Å². The lowest BCUT2D eigenvalue weighted by Gasteiger charge is -2.20. The summed E-state index contributed by atoms with van der Waals surface area (Å²) in [4.78, 5) is 0. The second-order valence-corrected chi connectivity index (χ2v) is 4.07. The van der Waals surface area contributed by atoms with Crippen molar-refractivity contribution in [2.75, 3.05) is 13.6 Å². The lowest BCUT2D eigenvalue weighted by molar-refractivity contribution is 0.336. The summed E-state index contributed by atoms with van der Waals surface area (Å²) >= 11 is 0. The third-order valence-corrected chi connectivity index (χ3v) is 2.65. The van der Waals surface area contributed by atoms with Crippen molar-refractivity contribution in [2.24, 2.45) is 5.10 Å². The Bertz CT molecular complexity index is 407. The third-order valence-electron chi connectivity index (χ3n) is 2.65. The molecule has 0 aromatic heterocycles. The highest BCUT2D eigenvalue weighted by Crippen LogP contribution is 2.21. The van der Waals surface area contributed by atoms with Gasteiger partial charge >= 0.3 is 0 Å². The van der Waals surface area contributed by atoms with Crippen LogP contribution in [0.3, 0.4) is 0 Å². The van der Waals surface area contributed by atoms with Gasteiger partial charge in [0.2, 0.25) is 0 Å². The first-order valence-electron chi connectivity index (χ1n) is 5.76. The molecule has 0 aliphatic rings. The second kappa shape index (κ2) is 6.69. The number of allylic oxidation sites excluding steroid dienone is 1. The van der Waals surface area contributed by atoms with E-state index in [1.807, 2.05) is 24.2 Å². The zero-order chi connectivity index (χ0) is 12.7. The summed E-state index contributed by atoms with van der Waals surface area (Å²) in [6.07, 6.45) is 5.28. The fraction of sp³-hybridized carbons (Fsp3) is 0.267. The van der Waals surface area contributed by atoms with E-state index in [1.54, 1.807) is 12.3 Å². The smallest absolute Gasteiger partial charge is 0.0464 e. The van der Waals surface area contributed by atoms with Crippen LogP contribution in [0.2, 0.25) is 0 Å². The minimum absolute atomic E-state index is 0.413. The quantitative estimate of drug-likeness (QED) is 0.537. The molecule has 0 fully saturated rings. The average Bonchev–Trinajstić information content (AvgIpc) is 2.36. The van der Waals surface area contributed by atoms with Crippen LogP contribution in [0.1, 0.15) is 24.0 Å². The standard InChI is InChI=1S/C15H20N2/c1-5-11-16-17(4)12-13(3)15-10-8-7-9-14(15)6-2/h5-11,13H,1-2,12H2,3-4H3/b16-11-. The van der Waals surface area contributed by atoms with E-state index < -0.39 is 0 Å². The molecule has 1 aromatic rings. The number of hydrogen-bond acceptors (Lipinski definition) is 2. The predicted octanol–water partition coefficient (Wildman–Crippen LogP) is 3.54. The van der Waals surface area contributed by atoms with Gasteiger partial charge in [0.05, 0.1) is 0 Å². The minimum Gasteiger partial charge on any atom is -0.300 e. The van der Waals surface area contributed by atoms with Crippen LogP contribution in [-0.4, -0.2) is 24.8 Å². The van der Waals surface area contributed by atoms with Gasteiger partial charge in [-0.1, -0.05) is 50.4 Å². The molecule has 1 rings (SSSR count). The highest BCUT2D eigenvalue weighted by atomic mass is 15.4. The Morgan fingerprint density at radius 2 is 2.06 bits per heavy atom. The molecule has 1 atom stereocenters. The molecule has 2 nitrogen and oxygen atoms in total. The van der Waals surface area contributed by atoms with E-state index in [-0.39, 0.29) is 0 Å². The Labute approximate surface area is 104 Å². The van der Waals surface area contributed by atoms with Crippen molar-refractivity contribution in [2.45, 2.75) is 12.8 Å². The Kier molecular flexibility index (Phi) is 5.21. The monoisotopic (exact) mass is 228 g/mol. The second-order valence-electron chi connectivity index (χ2n) is 4.07. The van der Waals surface area contributed by atoms with Crippen LogP contribution in [0, 0.1) is 0 Å². The molecule has 17 heavy (non-hydrogen) atoms. The Morgan fingerprint density at radius 3 is 2.71 bits per heavy atom. The maximum atomic E-state index is 4.23. The van der Waals surface area contributed by atoms with Gasteiger partial charge in [0, 0.05) is 25.7 Å². The maximum Gasteiger partial charge on any atom is 0.0464 e. The molecule has 90 valence electrons. The zero-order valence-corrected chi connectivity index (χ0v) is 10.6. The highest BCUT2D eigenvalue weighted by Gasteiger charge is 2.10. The first-order valence-corrected chi connectivity index (χ1v) is 5.76. The van der Waals surface area contributed by atoms with E-state index in [9.17, 15) is 0 Å². The molecule has 0 spiro atoms. The summed E-state index contributed by atoms with van der Waals surface area (Å²) in [5, 5.41) is 6.15. The Balaban J connectivity index is 2.75. The van der Waals surface area contributed by atoms with Gasteiger partial charge < -0.3 is 0 Å². The van der Waals surface area contributed by atoms with E-state index in [4.69, 9.17) is 0 Å². The van der Waals surface area contributed by atoms with E-state index in [0.29, 0.717) is 5.92 Å². The number of likely N-dealkylation sites (N-methyl/N-ethyl adjacent to an activating group) is 1. The maximum absolute atomic E-state index is 4.23. The SMILES string of the molecule is C=C/C=N\N(C)CC(C)c1ccccc1C=C. The lowest BCUT2D eigenvalue weighted by Crippen LogP contribution is -2.18. The Morgan fingerprint density at radius 1 is 1.35 bits per heavy atom. The van der Waals surface area contributed by atoms with Crippen LogP contribution in [0.5, 0.6) is 0 Å². The van der Waals surface area contributed by atoms with Crippen molar-refractivity contribution in [3.63, 3.8) is 0 Å². The topological polar surface area (TPSA) is 15.6 Å². The first kappa shape index (κ1) is 13.2. The summed E-state index contributed by atoms with van der Waals surface area (Å²) in [6.45, 7) is 10.5. The van der Waals surface area contributed by atoms with Gasteiger partial charge in [-0.25, -0.2) is 0 Å². The molecule has 0 heterocycles. The number of benzene rings is 1. The molecular weight excluding hydrogens is 208 g/mol. The van der Waals surface area contributed by atoms with Gasteiger partial charge in [0.15, 0.2) is 0 Å². The summed E-state index contributed by atoms with van der Waals surface area (Å²) in [6, 6.07) is 8.33. The fourth-order valence-electron chi connectivity index (χ4n) is 1.85. The van der Waals surface area contributed by atoms with Crippen molar-refractivity contribution in [1.82, 2.24) is 5.01 Å². The number of nitrogens with zero attached hydrogens (tertiary/aromatic N) is 2. The summed E-state index contributed by atoms with van der Waals surface area (Å²) in [5.41, 5.74) is 2.50. The van der Waals surface area contributed by atoms with Crippen LogP contribution in [0.15, 0.2) is 48.6 Å². The number of rotatable bonds is 6. The normalized spacial score (nSPS) is 12.4. The van der Waals surface area contributed by atoms with Crippen LogP contribution in [-0.2, 0) is 0 Å². The first-order chi connectivity index (χ1) is 8.19.